The molecule has 0 atom stereocenters. The summed E-state index contributed by atoms with van der Waals surface area (Å²) >= 11 is 6.08. The van der Waals surface area contributed by atoms with Crippen molar-refractivity contribution in [3.63, 3.8) is 0 Å². The first kappa shape index (κ1) is 25.1. The van der Waals surface area contributed by atoms with Crippen LogP contribution < -0.4 is 19.2 Å². The first-order valence-corrected chi connectivity index (χ1v) is 12.0. The molecule has 34 heavy (non-hydrogen) atoms. The molecular weight excluding hydrogens is 478 g/mol. The SMILES string of the molecule is COc1ccc(/C(C)=N\NC(=O)CN(c2cccc(Cl)c2)S(=O)(=O)c2ccccc2)cc1OC. The molecule has 0 aliphatic carbocycles. The number of anilines is 1. The van der Waals surface area contributed by atoms with E-state index in [4.69, 9.17) is 21.1 Å². The van der Waals surface area contributed by atoms with Gasteiger partial charge < -0.3 is 9.47 Å². The molecule has 0 aliphatic heterocycles. The Bertz CT molecular complexity index is 1300. The third-order valence-electron chi connectivity index (χ3n) is 4.86. The summed E-state index contributed by atoms with van der Waals surface area (Å²) in [6.45, 7) is 1.21. The molecule has 1 N–H and O–H groups in total. The van der Waals surface area contributed by atoms with E-state index >= 15 is 0 Å². The van der Waals surface area contributed by atoms with Crippen LogP contribution in [-0.4, -0.2) is 40.8 Å². The molecule has 0 spiro atoms. The number of amides is 1. The number of sulfonamides is 1. The normalized spacial score (nSPS) is 11.6. The maximum Gasteiger partial charge on any atom is 0.264 e. The fourth-order valence-corrected chi connectivity index (χ4v) is 4.72. The molecule has 0 saturated carbocycles. The second-order valence-electron chi connectivity index (χ2n) is 7.11. The lowest BCUT2D eigenvalue weighted by Gasteiger charge is -2.24. The zero-order valence-corrected chi connectivity index (χ0v) is 20.4. The van der Waals surface area contributed by atoms with Crippen molar-refractivity contribution >= 4 is 38.9 Å². The van der Waals surface area contributed by atoms with Crippen molar-refractivity contribution in [1.29, 1.82) is 0 Å². The number of methoxy groups -OCH3 is 2. The molecule has 178 valence electrons. The monoisotopic (exact) mass is 501 g/mol. The smallest absolute Gasteiger partial charge is 0.264 e. The number of hydrazone groups is 1. The average molecular weight is 502 g/mol. The second-order valence-corrected chi connectivity index (χ2v) is 9.41. The highest BCUT2D eigenvalue weighted by molar-refractivity contribution is 7.92. The van der Waals surface area contributed by atoms with Gasteiger partial charge in [0, 0.05) is 10.6 Å². The Labute approximate surface area is 203 Å². The van der Waals surface area contributed by atoms with Gasteiger partial charge in [0.25, 0.3) is 15.9 Å². The second kappa shape index (κ2) is 11.0. The number of ether oxygens (including phenoxy) is 2. The first-order chi connectivity index (χ1) is 16.3. The van der Waals surface area contributed by atoms with Crippen LogP contribution in [0.15, 0.2) is 82.8 Å². The van der Waals surface area contributed by atoms with E-state index in [1.807, 2.05) is 0 Å². The van der Waals surface area contributed by atoms with Crippen molar-refractivity contribution in [3.8, 4) is 11.5 Å². The fourth-order valence-electron chi connectivity index (χ4n) is 3.10. The fraction of sp³-hybridized carbons (Fsp3) is 0.167. The molecule has 1 amide bonds. The number of carbonyl (C=O) groups is 1. The van der Waals surface area contributed by atoms with Gasteiger partial charge in [-0.2, -0.15) is 5.10 Å². The minimum atomic E-state index is -4.04. The summed E-state index contributed by atoms with van der Waals surface area (Å²) in [5.74, 6) is 0.452. The maximum atomic E-state index is 13.3. The molecule has 0 unspecified atom stereocenters. The first-order valence-electron chi connectivity index (χ1n) is 10.1. The summed E-state index contributed by atoms with van der Waals surface area (Å²) in [4.78, 5) is 12.8. The summed E-state index contributed by atoms with van der Waals surface area (Å²) in [5.41, 5.74) is 3.87. The number of hydrogen-bond acceptors (Lipinski definition) is 6. The number of nitrogens with zero attached hydrogens (tertiary/aromatic N) is 2. The maximum absolute atomic E-state index is 13.3. The van der Waals surface area contributed by atoms with E-state index in [0.29, 0.717) is 27.8 Å². The Hall–Kier alpha value is -3.56. The van der Waals surface area contributed by atoms with E-state index in [1.165, 1.54) is 32.4 Å². The Morgan fingerprint density at radius 1 is 0.971 bits per heavy atom. The number of halogens is 1. The zero-order valence-electron chi connectivity index (χ0n) is 18.9. The van der Waals surface area contributed by atoms with Crippen LogP contribution in [0.1, 0.15) is 12.5 Å². The van der Waals surface area contributed by atoms with Crippen LogP contribution >= 0.6 is 11.6 Å². The number of nitrogens with one attached hydrogen (secondary N) is 1. The minimum Gasteiger partial charge on any atom is -0.493 e. The predicted molar refractivity (Wildman–Crippen MR) is 132 cm³/mol. The van der Waals surface area contributed by atoms with Crippen LogP contribution in [0.4, 0.5) is 5.69 Å². The quantitative estimate of drug-likeness (QED) is 0.352. The highest BCUT2D eigenvalue weighted by Gasteiger charge is 2.27. The van der Waals surface area contributed by atoms with E-state index in [9.17, 15) is 13.2 Å². The predicted octanol–water partition coefficient (Wildman–Crippen LogP) is 4.09. The zero-order chi connectivity index (χ0) is 24.7. The van der Waals surface area contributed by atoms with E-state index in [0.717, 1.165) is 4.31 Å². The topological polar surface area (TPSA) is 97.3 Å². The average Bonchev–Trinajstić information content (AvgIpc) is 2.85. The molecule has 0 saturated heterocycles. The summed E-state index contributed by atoms with van der Waals surface area (Å²) in [7, 11) is -0.982. The molecule has 0 aromatic heterocycles. The third kappa shape index (κ3) is 5.86. The number of carbonyl (C=O) groups excluding carboxylic acids is 1. The third-order valence-corrected chi connectivity index (χ3v) is 6.89. The van der Waals surface area contributed by atoms with Crippen molar-refractivity contribution in [2.45, 2.75) is 11.8 Å². The van der Waals surface area contributed by atoms with Gasteiger partial charge in [-0.05, 0) is 55.5 Å². The molecule has 0 fully saturated rings. The standard InChI is InChI=1S/C24H24ClN3O5S/c1-17(18-12-13-22(32-2)23(14-18)33-3)26-27-24(29)16-28(20-9-7-8-19(25)15-20)34(30,31)21-10-5-4-6-11-21/h4-15H,16H2,1-3H3,(H,27,29)/b26-17-. The van der Waals surface area contributed by atoms with Crippen LogP contribution in [0.3, 0.4) is 0 Å². The van der Waals surface area contributed by atoms with Crippen LogP contribution in [0.2, 0.25) is 5.02 Å². The van der Waals surface area contributed by atoms with E-state index in [1.54, 1.807) is 61.5 Å². The minimum absolute atomic E-state index is 0.0489. The largest absolute Gasteiger partial charge is 0.493 e. The van der Waals surface area contributed by atoms with Crippen LogP contribution in [0, 0.1) is 0 Å². The molecule has 0 heterocycles. The summed E-state index contributed by atoms with van der Waals surface area (Å²) in [6.07, 6.45) is 0. The van der Waals surface area contributed by atoms with Crippen molar-refractivity contribution in [3.05, 3.63) is 83.4 Å². The Balaban J connectivity index is 1.85. The van der Waals surface area contributed by atoms with Crippen molar-refractivity contribution in [1.82, 2.24) is 5.43 Å². The summed E-state index contributed by atoms with van der Waals surface area (Å²) in [6, 6.07) is 19.4. The van der Waals surface area contributed by atoms with E-state index < -0.39 is 22.5 Å². The Morgan fingerprint density at radius 3 is 2.32 bits per heavy atom. The van der Waals surface area contributed by atoms with Gasteiger partial charge in [-0.15, -0.1) is 0 Å². The summed E-state index contributed by atoms with van der Waals surface area (Å²) < 4.78 is 38.1. The lowest BCUT2D eigenvalue weighted by Crippen LogP contribution is -2.39. The van der Waals surface area contributed by atoms with Gasteiger partial charge in [0.15, 0.2) is 11.5 Å². The van der Waals surface area contributed by atoms with Crippen molar-refractivity contribution in [2.24, 2.45) is 5.10 Å². The van der Waals surface area contributed by atoms with Crippen molar-refractivity contribution in [2.75, 3.05) is 25.1 Å². The van der Waals surface area contributed by atoms with Gasteiger partial charge in [0.05, 0.1) is 30.5 Å². The van der Waals surface area contributed by atoms with Gasteiger partial charge in [-0.3, -0.25) is 9.10 Å². The van der Waals surface area contributed by atoms with Crippen molar-refractivity contribution < 1.29 is 22.7 Å². The van der Waals surface area contributed by atoms with Gasteiger partial charge in [-0.1, -0.05) is 35.9 Å². The molecule has 0 aliphatic rings. The molecular formula is C24H24ClN3O5S. The molecule has 8 nitrogen and oxygen atoms in total. The molecule has 0 bridgehead atoms. The molecule has 10 heteroatoms. The highest BCUT2D eigenvalue weighted by atomic mass is 35.5. The molecule has 3 rings (SSSR count). The highest BCUT2D eigenvalue weighted by Crippen LogP contribution is 2.28. The molecule has 3 aromatic carbocycles. The van der Waals surface area contributed by atoms with Gasteiger partial charge in [0.2, 0.25) is 0 Å². The van der Waals surface area contributed by atoms with Gasteiger partial charge in [0.1, 0.15) is 6.54 Å². The molecule has 3 aromatic rings. The van der Waals surface area contributed by atoms with Crippen LogP contribution in [-0.2, 0) is 14.8 Å². The lowest BCUT2D eigenvalue weighted by molar-refractivity contribution is -0.119. The van der Waals surface area contributed by atoms with Crippen LogP contribution in [0.25, 0.3) is 0 Å². The number of benzene rings is 3. The van der Waals surface area contributed by atoms with Gasteiger partial charge >= 0.3 is 0 Å². The lowest BCUT2D eigenvalue weighted by atomic mass is 10.1. The number of rotatable bonds is 9. The van der Waals surface area contributed by atoms with Gasteiger partial charge in [-0.25, -0.2) is 13.8 Å². The molecule has 0 radical (unpaired) electrons. The Morgan fingerprint density at radius 2 is 1.68 bits per heavy atom. The van der Waals surface area contributed by atoms with E-state index in [-0.39, 0.29) is 10.6 Å². The van der Waals surface area contributed by atoms with Crippen LogP contribution in [0.5, 0.6) is 11.5 Å². The Kier molecular flexibility index (Phi) is 8.14. The van der Waals surface area contributed by atoms with E-state index in [2.05, 4.69) is 10.5 Å². The number of hydrogen-bond donors (Lipinski definition) is 1. The summed E-state index contributed by atoms with van der Waals surface area (Å²) in [5, 5.41) is 4.46.